The average Bonchev–Trinajstić information content (AvgIpc) is 1.90. The first-order valence-electron chi connectivity index (χ1n) is 2.30. The summed E-state index contributed by atoms with van der Waals surface area (Å²) in [5, 5.41) is 8.29. The Morgan fingerprint density at radius 1 is 1.60 bits per heavy atom. The van der Waals surface area contributed by atoms with Crippen LogP contribution in [0.25, 0.3) is 0 Å². The molecule has 0 saturated heterocycles. The molecule has 1 N–H and O–H groups in total. The number of carboxylic acids is 1. The summed E-state index contributed by atoms with van der Waals surface area (Å²) in [4.78, 5) is 17.1. The van der Waals surface area contributed by atoms with Gasteiger partial charge in [-0.25, -0.2) is 14.8 Å². The van der Waals surface area contributed by atoms with Crippen LogP contribution in [-0.2, 0) is 20.1 Å². The van der Waals surface area contributed by atoms with Crippen LogP contribution in [0.1, 0.15) is 10.5 Å². The molecule has 1 heterocycles. The van der Waals surface area contributed by atoms with Crippen molar-refractivity contribution in [1.29, 1.82) is 0 Å². The smallest absolute Gasteiger partial charge is 0.354 e. The van der Waals surface area contributed by atoms with Crippen molar-refractivity contribution in [3.63, 3.8) is 0 Å². The van der Waals surface area contributed by atoms with E-state index in [9.17, 15) is 4.79 Å². The molecule has 1 radical (unpaired) electrons. The van der Waals surface area contributed by atoms with Crippen molar-refractivity contribution >= 4 is 5.97 Å². The molecule has 0 bridgehead atoms. The van der Waals surface area contributed by atoms with E-state index < -0.39 is 5.97 Å². The van der Waals surface area contributed by atoms with Gasteiger partial charge < -0.3 is 5.11 Å². The van der Waals surface area contributed by atoms with Gasteiger partial charge in [0, 0.05) is 26.3 Å². The summed E-state index contributed by atoms with van der Waals surface area (Å²) in [6, 6.07) is 1.34. The number of rotatable bonds is 1. The first kappa shape index (κ1) is 9.20. The molecule has 0 aromatic carbocycles. The van der Waals surface area contributed by atoms with Gasteiger partial charge in [-0.2, -0.15) is 0 Å². The van der Waals surface area contributed by atoms with E-state index in [0.717, 1.165) is 0 Å². The molecular weight excluding hydrogens is 312 g/mol. The summed E-state index contributed by atoms with van der Waals surface area (Å²) in [6.45, 7) is 0. The van der Waals surface area contributed by atoms with E-state index >= 15 is 0 Å². The largest absolute Gasteiger partial charge is 0.477 e. The summed E-state index contributed by atoms with van der Waals surface area (Å²) >= 11 is 0. The van der Waals surface area contributed by atoms with Crippen LogP contribution in [0.5, 0.6) is 0 Å². The quantitative estimate of drug-likeness (QED) is 0.802. The Hall–Kier alpha value is -0.801. The molecular formula is C5H4IrN2O2. The molecule has 4 nitrogen and oxygen atoms in total. The van der Waals surface area contributed by atoms with Gasteiger partial charge in [0.2, 0.25) is 0 Å². The summed E-state index contributed by atoms with van der Waals surface area (Å²) < 4.78 is 0. The second-order valence-electron chi connectivity index (χ2n) is 1.40. The molecule has 10 heavy (non-hydrogen) atoms. The molecule has 5 heteroatoms. The van der Waals surface area contributed by atoms with Crippen molar-refractivity contribution in [3.05, 3.63) is 24.3 Å². The molecule has 1 aromatic rings. The van der Waals surface area contributed by atoms with Gasteiger partial charge in [0.15, 0.2) is 5.69 Å². The first-order chi connectivity index (χ1) is 4.30. The van der Waals surface area contributed by atoms with E-state index in [2.05, 4.69) is 9.97 Å². The topological polar surface area (TPSA) is 63.1 Å². The van der Waals surface area contributed by atoms with E-state index in [4.69, 9.17) is 5.11 Å². The van der Waals surface area contributed by atoms with Crippen LogP contribution in [0.2, 0.25) is 0 Å². The Kier molecular flexibility index (Phi) is 3.76. The molecule has 0 saturated carbocycles. The standard InChI is InChI=1S/C5H4N2O2.Ir/c8-5(9)4-1-2-6-3-7-4;/h1-3H,(H,8,9);. The Balaban J connectivity index is 0.000000810. The summed E-state index contributed by atoms with van der Waals surface area (Å²) in [5.41, 5.74) is 0.0185. The number of aromatic carboxylic acids is 1. The number of carbonyl (C=O) groups is 1. The van der Waals surface area contributed by atoms with Crippen LogP contribution >= 0.6 is 0 Å². The molecule has 0 spiro atoms. The second-order valence-corrected chi connectivity index (χ2v) is 1.40. The summed E-state index contributed by atoms with van der Waals surface area (Å²) in [7, 11) is 0. The molecule has 55 valence electrons. The van der Waals surface area contributed by atoms with Crippen molar-refractivity contribution in [2.45, 2.75) is 0 Å². The van der Waals surface area contributed by atoms with Gasteiger partial charge in [0.05, 0.1) is 0 Å². The average molecular weight is 316 g/mol. The third-order valence-corrected chi connectivity index (χ3v) is 0.801. The molecule has 0 fully saturated rings. The van der Waals surface area contributed by atoms with Gasteiger partial charge in [-0.05, 0) is 6.07 Å². The summed E-state index contributed by atoms with van der Waals surface area (Å²) in [6.07, 6.45) is 2.58. The predicted molar refractivity (Wildman–Crippen MR) is 29.0 cm³/mol. The van der Waals surface area contributed by atoms with Crippen molar-refractivity contribution in [3.8, 4) is 0 Å². The molecule has 0 atom stereocenters. The number of aromatic nitrogens is 2. The van der Waals surface area contributed by atoms with E-state index in [1.807, 2.05) is 0 Å². The van der Waals surface area contributed by atoms with Gasteiger partial charge in [0.25, 0.3) is 0 Å². The molecule has 0 amide bonds. The fourth-order valence-electron chi connectivity index (χ4n) is 0.417. The van der Waals surface area contributed by atoms with Crippen molar-refractivity contribution in [2.24, 2.45) is 0 Å². The van der Waals surface area contributed by atoms with Crippen LogP contribution in [0.15, 0.2) is 18.6 Å². The SMILES string of the molecule is O=C(O)c1ccncn1.[Ir]. The van der Waals surface area contributed by atoms with Gasteiger partial charge in [0.1, 0.15) is 6.33 Å². The predicted octanol–water partition coefficient (Wildman–Crippen LogP) is 0.172. The maximum absolute atomic E-state index is 10.1. The maximum atomic E-state index is 10.1. The maximum Gasteiger partial charge on any atom is 0.354 e. The van der Waals surface area contributed by atoms with Crippen molar-refractivity contribution in [1.82, 2.24) is 9.97 Å². The minimum absolute atomic E-state index is 0. The van der Waals surface area contributed by atoms with E-state index in [1.54, 1.807) is 0 Å². The van der Waals surface area contributed by atoms with Gasteiger partial charge in [-0.15, -0.1) is 0 Å². The zero-order chi connectivity index (χ0) is 6.69. The van der Waals surface area contributed by atoms with Gasteiger partial charge >= 0.3 is 5.97 Å². The molecule has 0 unspecified atom stereocenters. The Morgan fingerprint density at radius 2 is 2.30 bits per heavy atom. The number of carboxylic acid groups (broad SMARTS) is 1. The molecule has 1 rings (SSSR count). The van der Waals surface area contributed by atoms with Crippen LogP contribution < -0.4 is 0 Å². The van der Waals surface area contributed by atoms with E-state index in [1.165, 1.54) is 18.6 Å². The van der Waals surface area contributed by atoms with Gasteiger partial charge in [-0.3, -0.25) is 0 Å². The third-order valence-electron chi connectivity index (χ3n) is 0.801. The Bertz CT molecular complexity index is 214. The van der Waals surface area contributed by atoms with Crippen LogP contribution in [0.4, 0.5) is 0 Å². The minimum atomic E-state index is -1.03. The van der Waals surface area contributed by atoms with E-state index in [-0.39, 0.29) is 25.8 Å². The molecule has 0 aliphatic rings. The first-order valence-corrected chi connectivity index (χ1v) is 2.30. The van der Waals surface area contributed by atoms with Crippen molar-refractivity contribution in [2.75, 3.05) is 0 Å². The zero-order valence-corrected chi connectivity index (χ0v) is 7.21. The minimum Gasteiger partial charge on any atom is -0.477 e. The molecule has 0 aliphatic heterocycles. The monoisotopic (exact) mass is 317 g/mol. The fourth-order valence-corrected chi connectivity index (χ4v) is 0.417. The fraction of sp³-hybridized carbons (Fsp3) is 0. The number of nitrogens with zero attached hydrogens (tertiary/aromatic N) is 2. The molecule has 1 aromatic heterocycles. The Morgan fingerprint density at radius 3 is 2.60 bits per heavy atom. The zero-order valence-electron chi connectivity index (χ0n) is 4.82. The number of hydrogen-bond donors (Lipinski definition) is 1. The summed E-state index contributed by atoms with van der Waals surface area (Å²) in [5.74, 6) is -1.03. The Labute approximate surface area is 70.7 Å². The van der Waals surface area contributed by atoms with Crippen LogP contribution in [0.3, 0.4) is 0 Å². The normalized spacial score (nSPS) is 8.00. The number of hydrogen-bond acceptors (Lipinski definition) is 3. The third kappa shape index (κ3) is 2.21. The van der Waals surface area contributed by atoms with Crippen LogP contribution in [-0.4, -0.2) is 21.0 Å². The van der Waals surface area contributed by atoms with Crippen LogP contribution in [0, 0.1) is 0 Å². The van der Waals surface area contributed by atoms with Crippen molar-refractivity contribution < 1.29 is 30.0 Å². The molecule has 0 aliphatic carbocycles. The van der Waals surface area contributed by atoms with Gasteiger partial charge in [-0.1, -0.05) is 0 Å². The second kappa shape index (κ2) is 4.09. The van der Waals surface area contributed by atoms with E-state index in [0.29, 0.717) is 0 Å².